The van der Waals surface area contributed by atoms with E-state index in [0.717, 1.165) is 61.3 Å². The average Bonchev–Trinajstić information content (AvgIpc) is 3.57. The molecule has 3 aromatic rings. The van der Waals surface area contributed by atoms with Crippen molar-refractivity contribution in [1.82, 2.24) is 19.9 Å². The summed E-state index contributed by atoms with van der Waals surface area (Å²) in [6.07, 6.45) is 9.36. The van der Waals surface area contributed by atoms with Gasteiger partial charge >= 0.3 is 0 Å². The summed E-state index contributed by atoms with van der Waals surface area (Å²) in [5.41, 5.74) is 3.11. The van der Waals surface area contributed by atoms with Gasteiger partial charge in [-0.25, -0.2) is 13.4 Å². The number of carbonyl (C=O) groups excluding carboxylic acids is 1. The second-order valence-corrected chi connectivity index (χ2v) is 12.9. The number of allylic oxidation sites excluding steroid dienone is 1. The van der Waals surface area contributed by atoms with Crippen LogP contribution in [0.2, 0.25) is 0 Å². The molecule has 2 aliphatic carbocycles. The Balaban J connectivity index is 1.17. The molecular formula is C29H31N7O3S. The molecule has 2 aromatic heterocycles. The van der Waals surface area contributed by atoms with E-state index in [9.17, 15) is 18.5 Å². The number of hydrogen-bond acceptors (Lipinski definition) is 8. The number of nitriles is 1. The van der Waals surface area contributed by atoms with Gasteiger partial charge < -0.3 is 16.0 Å². The molecule has 0 atom stereocenters. The van der Waals surface area contributed by atoms with E-state index >= 15 is 0 Å². The lowest BCUT2D eigenvalue weighted by molar-refractivity contribution is -0.118. The molecule has 3 heterocycles. The molecule has 11 heteroatoms. The van der Waals surface area contributed by atoms with Gasteiger partial charge in [0, 0.05) is 29.4 Å². The fourth-order valence-electron chi connectivity index (χ4n) is 5.51. The highest BCUT2D eigenvalue weighted by Crippen LogP contribution is 2.32. The number of amides is 1. The number of hydrogen-bond donors (Lipinski definition) is 3. The van der Waals surface area contributed by atoms with E-state index in [0.29, 0.717) is 17.4 Å². The molecule has 206 valence electrons. The first kappa shape index (κ1) is 26.1. The average molecular weight is 558 g/mol. The molecule has 3 aliphatic rings. The van der Waals surface area contributed by atoms with Crippen molar-refractivity contribution in [3.63, 3.8) is 0 Å². The molecule has 3 N–H and O–H groups in total. The van der Waals surface area contributed by atoms with E-state index in [1.54, 1.807) is 28.9 Å². The van der Waals surface area contributed by atoms with E-state index in [1.165, 1.54) is 6.07 Å². The lowest BCUT2D eigenvalue weighted by Gasteiger charge is -2.29. The van der Waals surface area contributed by atoms with Gasteiger partial charge in [0.15, 0.2) is 15.5 Å². The summed E-state index contributed by atoms with van der Waals surface area (Å²) in [6.45, 7) is 3.94. The smallest absolute Gasteiger partial charge is 0.228 e. The predicted molar refractivity (Wildman–Crippen MR) is 152 cm³/mol. The third kappa shape index (κ3) is 5.45. The molecule has 40 heavy (non-hydrogen) atoms. The number of fused-ring (bicyclic) bond motifs is 1. The van der Waals surface area contributed by atoms with Crippen LogP contribution in [0.3, 0.4) is 0 Å². The number of anilines is 2. The van der Waals surface area contributed by atoms with Crippen LogP contribution in [0.5, 0.6) is 0 Å². The molecule has 1 aromatic carbocycles. The number of benzene rings is 1. The number of carbonyl (C=O) groups is 1. The minimum absolute atomic E-state index is 0.0428. The lowest BCUT2D eigenvalue weighted by atomic mass is 9.87. The van der Waals surface area contributed by atoms with Crippen molar-refractivity contribution in [3.8, 4) is 6.07 Å². The van der Waals surface area contributed by atoms with Gasteiger partial charge in [0.05, 0.1) is 28.8 Å². The Bertz CT molecular complexity index is 1670. The molecule has 0 radical (unpaired) electrons. The zero-order chi connectivity index (χ0) is 27.9. The number of nitrogens with one attached hydrogen (secondary N) is 3. The molecule has 6 rings (SSSR count). The van der Waals surface area contributed by atoms with Crippen molar-refractivity contribution in [3.05, 3.63) is 65.5 Å². The maximum Gasteiger partial charge on any atom is 0.228 e. The van der Waals surface area contributed by atoms with Crippen LogP contribution < -0.4 is 16.0 Å². The van der Waals surface area contributed by atoms with Gasteiger partial charge in [-0.05, 0) is 68.2 Å². The van der Waals surface area contributed by atoms with E-state index in [-0.39, 0.29) is 40.5 Å². The third-order valence-electron chi connectivity index (χ3n) is 7.78. The van der Waals surface area contributed by atoms with Crippen LogP contribution in [0.25, 0.3) is 11.7 Å². The molecule has 0 bridgehead atoms. The quantitative estimate of drug-likeness (QED) is 0.377. The topological polar surface area (TPSA) is 141 Å². The van der Waals surface area contributed by atoms with Gasteiger partial charge in [-0.3, -0.25) is 4.79 Å². The summed E-state index contributed by atoms with van der Waals surface area (Å²) in [5, 5.41) is 23.8. The highest BCUT2D eigenvalue weighted by molar-refractivity contribution is 7.91. The van der Waals surface area contributed by atoms with Crippen LogP contribution in [0.1, 0.15) is 56.1 Å². The standard InChI is InChI=1S/C29H31N7O3S/c1-18-21(13-28(37)32-18)12-22-16-31-36-27(34-24-10-11-24)14-26(35-29(22)36)33-23-8-6-19(7-9-23)17-40(38,39)25-5-3-2-4-20(25)15-30/h2-5,12,14,16,19,23-24,34H,1,6-11,13,17H2,(H,32,37)(H,33,35)/b21-12+. The number of aromatic nitrogens is 3. The van der Waals surface area contributed by atoms with E-state index < -0.39 is 9.84 Å². The number of rotatable bonds is 8. The number of sulfone groups is 1. The van der Waals surface area contributed by atoms with Crippen LogP contribution in [-0.2, 0) is 14.6 Å². The second-order valence-electron chi connectivity index (χ2n) is 10.9. The molecule has 1 saturated heterocycles. The van der Waals surface area contributed by atoms with E-state index in [1.807, 2.05) is 18.2 Å². The Hall–Kier alpha value is -4.17. The lowest BCUT2D eigenvalue weighted by Crippen LogP contribution is -2.29. The Kier molecular flexibility index (Phi) is 6.80. The molecule has 10 nitrogen and oxygen atoms in total. The first-order valence-corrected chi connectivity index (χ1v) is 15.3. The highest BCUT2D eigenvalue weighted by Gasteiger charge is 2.29. The van der Waals surface area contributed by atoms with Crippen molar-refractivity contribution in [2.75, 3.05) is 16.4 Å². The monoisotopic (exact) mass is 557 g/mol. The van der Waals surface area contributed by atoms with Crippen LogP contribution in [0.4, 0.5) is 11.6 Å². The second kappa shape index (κ2) is 10.4. The molecule has 0 unspecified atom stereocenters. The van der Waals surface area contributed by atoms with Crippen LogP contribution >= 0.6 is 0 Å². The predicted octanol–water partition coefficient (Wildman–Crippen LogP) is 4.04. The zero-order valence-corrected chi connectivity index (χ0v) is 22.9. The molecule has 2 saturated carbocycles. The van der Waals surface area contributed by atoms with Crippen LogP contribution in [0, 0.1) is 17.2 Å². The van der Waals surface area contributed by atoms with Gasteiger partial charge in [-0.2, -0.15) is 14.9 Å². The van der Waals surface area contributed by atoms with E-state index in [2.05, 4.69) is 27.6 Å². The minimum atomic E-state index is -3.54. The van der Waals surface area contributed by atoms with Crippen molar-refractivity contribution >= 4 is 39.1 Å². The molecule has 0 spiro atoms. The maximum atomic E-state index is 13.1. The van der Waals surface area contributed by atoms with Gasteiger partial charge in [-0.15, -0.1) is 0 Å². The first-order valence-electron chi connectivity index (χ1n) is 13.6. The van der Waals surface area contributed by atoms with Gasteiger partial charge in [0.1, 0.15) is 17.7 Å². The normalized spacial score (nSPS) is 22.3. The van der Waals surface area contributed by atoms with Crippen LogP contribution in [-0.4, -0.2) is 46.8 Å². The molecular weight excluding hydrogens is 526 g/mol. The zero-order valence-electron chi connectivity index (χ0n) is 22.1. The van der Waals surface area contributed by atoms with Crippen molar-refractivity contribution in [1.29, 1.82) is 5.26 Å². The Morgan fingerprint density at radius 3 is 2.55 bits per heavy atom. The van der Waals surface area contributed by atoms with Crippen LogP contribution in [0.15, 0.2) is 59.3 Å². The fraction of sp³-hybridized carbons (Fsp3) is 0.379. The maximum absolute atomic E-state index is 13.1. The summed E-state index contributed by atoms with van der Waals surface area (Å²) in [5.74, 6) is 1.61. The largest absolute Gasteiger partial charge is 0.367 e. The Labute approximate surface area is 233 Å². The van der Waals surface area contributed by atoms with E-state index in [4.69, 9.17) is 4.98 Å². The van der Waals surface area contributed by atoms with Gasteiger partial charge in [0.2, 0.25) is 5.91 Å². The summed E-state index contributed by atoms with van der Waals surface area (Å²) >= 11 is 0. The first-order chi connectivity index (χ1) is 19.3. The van der Waals surface area contributed by atoms with Gasteiger partial charge in [0.25, 0.3) is 0 Å². The Morgan fingerprint density at radius 1 is 1.12 bits per heavy atom. The minimum Gasteiger partial charge on any atom is -0.367 e. The molecule has 1 aliphatic heterocycles. The van der Waals surface area contributed by atoms with Crippen molar-refractivity contribution in [2.45, 2.75) is 61.9 Å². The third-order valence-corrected chi connectivity index (χ3v) is 9.72. The summed E-state index contributed by atoms with van der Waals surface area (Å²) < 4.78 is 27.9. The molecule has 1 amide bonds. The summed E-state index contributed by atoms with van der Waals surface area (Å²) in [4.78, 5) is 16.8. The summed E-state index contributed by atoms with van der Waals surface area (Å²) in [6, 6.07) is 11.0. The van der Waals surface area contributed by atoms with Crippen molar-refractivity contribution in [2.24, 2.45) is 5.92 Å². The Morgan fingerprint density at radius 2 is 1.85 bits per heavy atom. The highest BCUT2D eigenvalue weighted by atomic mass is 32.2. The SMILES string of the molecule is C=C1NC(=O)C/C1=C\c1cnn2c(NC3CC3)cc(NC3CCC(CS(=O)(=O)c4ccccc4C#N)CC3)nc12. The molecule has 3 fully saturated rings. The number of nitrogens with zero attached hydrogens (tertiary/aromatic N) is 4. The fourth-order valence-corrected chi connectivity index (χ4v) is 7.37. The van der Waals surface area contributed by atoms with Gasteiger partial charge in [-0.1, -0.05) is 18.7 Å². The van der Waals surface area contributed by atoms with Crippen molar-refractivity contribution < 1.29 is 13.2 Å². The summed E-state index contributed by atoms with van der Waals surface area (Å²) in [7, 11) is -3.54.